The molecule has 2 N–H and O–H groups in total. The van der Waals surface area contributed by atoms with Crippen LogP contribution in [-0.2, 0) is 26.6 Å². The number of aryl methyl sites for hydroxylation is 1. The summed E-state index contributed by atoms with van der Waals surface area (Å²) < 4.78 is 7.34. The van der Waals surface area contributed by atoms with Crippen LogP contribution < -0.4 is 10.2 Å². The predicted molar refractivity (Wildman–Crippen MR) is 106 cm³/mol. The summed E-state index contributed by atoms with van der Waals surface area (Å²) >= 11 is 0. The van der Waals surface area contributed by atoms with Crippen molar-refractivity contribution in [2.24, 2.45) is 7.05 Å². The molecule has 0 saturated heterocycles. The lowest BCUT2D eigenvalue weighted by molar-refractivity contribution is 0.0688. The number of fused-ring (bicyclic) bond motifs is 1. The first-order chi connectivity index (χ1) is 14.5. The van der Waals surface area contributed by atoms with Gasteiger partial charge in [0.2, 0.25) is 5.43 Å². The van der Waals surface area contributed by atoms with E-state index in [-0.39, 0.29) is 41.6 Å². The van der Waals surface area contributed by atoms with Crippen LogP contribution in [0.2, 0.25) is 0 Å². The first kappa shape index (κ1) is 19.4. The van der Waals surface area contributed by atoms with Gasteiger partial charge < -0.3 is 19.3 Å². The number of benzene rings is 1. The number of aromatic nitrogens is 3. The molecule has 0 atom stereocenters. The Morgan fingerprint density at radius 2 is 2.00 bits per heavy atom. The van der Waals surface area contributed by atoms with E-state index in [0.29, 0.717) is 24.2 Å². The summed E-state index contributed by atoms with van der Waals surface area (Å²) in [6.45, 7) is 0.648. The van der Waals surface area contributed by atoms with E-state index in [2.05, 4.69) is 10.2 Å². The molecular formula is C21H20N4O5. The van der Waals surface area contributed by atoms with Crippen LogP contribution in [0.4, 0.5) is 0 Å². The van der Waals surface area contributed by atoms with Crippen molar-refractivity contribution in [3.8, 4) is 5.75 Å². The summed E-state index contributed by atoms with van der Waals surface area (Å²) in [5.74, 6) is -1.47. The molecule has 1 amide bonds. The molecule has 154 valence electrons. The van der Waals surface area contributed by atoms with Crippen molar-refractivity contribution in [1.29, 1.82) is 0 Å². The van der Waals surface area contributed by atoms with Crippen molar-refractivity contribution >= 4 is 11.9 Å². The number of ether oxygens (including phenoxy) is 1. The number of carboxylic acid groups (broad SMARTS) is 1. The molecule has 3 aromatic rings. The molecule has 0 aliphatic carbocycles. The van der Waals surface area contributed by atoms with E-state index in [1.54, 1.807) is 16.5 Å². The normalized spacial score (nSPS) is 13.0. The van der Waals surface area contributed by atoms with Gasteiger partial charge in [0.15, 0.2) is 17.1 Å². The van der Waals surface area contributed by atoms with E-state index in [9.17, 15) is 19.5 Å². The van der Waals surface area contributed by atoms with E-state index in [1.165, 1.54) is 12.3 Å². The van der Waals surface area contributed by atoms with E-state index >= 15 is 0 Å². The number of H-pyrrole nitrogens is 1. The standard InChI is InChI=1S/C21H20N4O5/c1-24-9-8-16(26)19(30-12-13-5-3-2-4-6-13)18(24)20(27)25-10-7-14-15(11-25)22-23-17(14)21(28)29/h2-6,8-9H,7,10-12H2,1H3,(H,22,23)(H,28,29). The smallest absolute Gasteiger partial charge is 0.356 e. The summed E-state index contributed by atoms with van der Waals surface area (Å²) in [5.41, 5.74) is 1.83. The SMILES string of the molecule is Cn1ccc(=O)c(OCc2ccccc2)c1C(=O)N1CCc2c(C(=O)O)n[nH]c2C1. The van der Waals surface area contributed by atoms with Crippen LogP contribution in [0.5, 0.6) is 5.75 Å². The van der Waals surface area contributed by atoms with Crippen LogP contribution in [0.1, 0.15) is 37.8 Å². The summed E-state index contributed by atoms with van der Waals surface area (Å²) in [4.78, 5) is 38.6. The Balaban J connectivity index is 1.61. The topological polar surface area (TPSA) is 118 Å². The quantitative estimate of drug-likeness (QED) is 0.662. The summed E-state index contributed by atoms with van der Waals surface area (Å²) in [6, 6.07) is 10.7. The number of nitrogens with zero attached hydrogens (tertiary/aromatic N) is 3. The van der Waals surface area contributed by atoms with Gasteiger partial charge in [-0.25, -0.2) is 4.79 Å². The molecule has 0 fully saturated rings. The van der Waals surface area contributed by atoms with Crippen LogP contribution in [0, 0.1) is 0 Å². The van der Waals surface area contributed by atoms with Gasteiger partial charge in [0.1, 0.15) is 6.61 Å². The fourth-order valence-corrected chi connectivity index (χ4v) is 3.54. The van der Waals surface area contributed by atoms with Crippen LogP contribution in [0.25, 0.3) is 0 Å². The minimum Gasteiger partial charge on any atom is -0.483 e. The Bertz CT molecular complexity index is 1170. The molecule has 0 saturated carbocycles. The number of aromatic amines is 1. The molecule has 0 bridgehead atoms. The highest BCUT2D eigenvalue weighted by Gasteiger charge is 2.30. The number of carboxylic acids is 1. The van der Waals surface area contributed by atoms with Gasteiger partial charge in [-0.3, -0.25) is 14.7 Å². The molecule has 4 rings (SSSR count). The maximum absolute atomic E-state index is 13.3. The second-order valence-electron chi connectivity index (χ2n) is 7.05. The number of amides is 1. The number of carbonyl (C=O) groups is 2. The van der Waals surface area contributed by atoms with Gasteiger partial charge in [0, 0.05) is 31.4 Å². The summed E-state index contributed by atoms with van der Waals surface area (Å²) in [7, 11) is 1.68. The fourth-order valence-electron chi connectivity index (χ4n) is 3.54. The number of pyridine rings is 1. The number of aromatic carboxylic acids is 1. The molecule has 30 heavy (non-hydrogen) atoms. The van der Waals surface area contributed by atoms with Crippen molar-refractivity contribution in [3.63, 3.8) is 0 Å². The fraction of sp³-hybridized carbons (Fsp3) is 0.238. The molecule has 2 aromatic heterocycles. The Morgan fingerprint density at radius 3 is 2.73 bits per heavy atom. The van der Waals surface area contributed by atoms with E-state index < -0.39 is 5.97 Å². The number of hydrogen-bond donors (Lipinski definition) is 2. The summed E-state index contributed by atoms with van der Waals surface area (Å²) in [5, 5.41) is 15.8. The van der Waals surface area contributed by atoms with Crippen molar-refractivity contribution in [1.82, 2.24) is 19.7 Å². The maximum atomic E-state index is 13.3. The highest BCUT2D eigenvalue weighted by Crippen LogP contribution is 2.24. The van der Waals surface area contributed by atoms with Gasteiger partial charge in [-0.15, -0.1) is 0 Å². The van der Waals surface area contributed by atoms with Crippen molar-refractivity contribution < 1.29 is 19.4 Å². The zero-order valence-corrected chi connectivity index (χ0v) is 16.3. The van der Waals surface area contributed by atoms with Gasteiger partial charge >= 0.3 is 5.97 Å². The lowest BCUT2D eigenvalue weighted by atomic mass is 10.0. The number of hydrogen-bond acceptors (Lipinski definition) is 5. The molecule has 0 radical (unpaired) electrons. The lowest BCUT2D eigenvalue weighted by Crippen LogP contribution is -2.38. The zero-order valence-electron chi connectivity index (χ0n) is 16.3. The van der Waals surface area contributed by atoms with Crippen molar-refractivity contribution in [2.75, 3.05) is 6.54 Å². The average Bonchev–Trinajstić information content (AvgIpc) is 3.18. The molecule has 0 unspecified atom stereocenters. The molecule has 1 aliphatic heterocycles. The monoisotopic (exact) mass is 408 g/mol. The van der Waals surface area contributed by atoms with E-state index in [4.69, 9.17) is 4.74 Å². The van der Waals surface area contributed by atoms with Crippen LogP contribution in [0.15, 0.2) is 47.4 Å². The van der Waals surface area contributed by atoms with E-state index in [1.807, 2.05) is 30.3 Å². The minimum absolute atomic E-state index is 0.00418. The third-order valence-electron chi connectivity index (χ3n) is 5.09. The maximum Gasteiger partial charge on any atom is 0.356 e. The largest absolute Gasteiger partial charge is 0.483 e. The zero-order chi connectivity index (χ0) is 21.3. The molecule has 0 spiro atoms. The predicted octanol–water partition coefficient (Wildman–Crippen LogP) is 1.58. The second-order valence-corrected chi connectivity index (χ2v) is 7.05. The minimum atomic E-state index is -1.10. The third-order valence-corrected chi connectivity index (χ3v) is 5.09. The molecule has 1 aromatic carbocycles. The van der Waals surface area contributed by atoms with Gasteiger partial charge in [-0.2, -0.15) is 5.10 Å². The Labute approximate surface area is 171 Å². The van der Waals surface area contributed by atoms with Crippen LogP contribution in [0.3, 0.4) is 0 Å². The molecule has 3 heterocycles. The first-order valence-corrected chi connectivity index (χ1v) is 9.40. The molecular weight excluding hydrogens is 388 g/mol. The molecule has 9 nitrogen and oxygen atoms in total. The highest BCUT2D eigenvalue weighted by atomic mass is 16.5. The first-order valence-electron chi connectivity index (χ1n) is 9.40. The summed E-state index contributed by atoms with van der Waals surface area (Å²) in [6.07, 6.45) is 1.89. The number of rotatable bonds is 5. The number of nitrogens with one attached hydrogen (secondary N) is 1. The van der Waals surface area contributed by atoms with Gasteiger partial charge in [-0.1, -0.05) is 30.3 Å². The second kappa shape index (κ2) is 7.86. The van der Waals surface area contributed by atoms with Crippen molar-refractivity contribution in [3.05, 3.63) is 81.0 Å². The molecule has 9 heteroatoms. The Hall–Kier alpha value is -3.88. The van der Waals surface area contributed by atoms with E-state index in [0.717, 1.165) is 5.56 Å². The van der Waals surface area contributed by atoms with Gasteiger partial charge in [0.25, 0.3) is 5.91 Å². The highest BCUT2D eigenvalue weighted by molar-refractivity contribution is 5.95. The van der Waals surface area contributed by atoms with Crippen LogP contribution >= 0.6 is 0 Å². The average molecular weight is 408 g/mol. The van der Waals surface area contributed by atoms with Crippen molar-refractivity contribution in [2.45, 2.75) is 19.6 Å². The van der Waals surface area contributed by atoms with Crippen LogP contribution in [-0.4, -0.2) is 43.2 Å². The Morgan fingerprint density at radius 1 is 1.23 bits per heavy atom. The van der Waals surface area contributed by atoms with Gasteiger partial charge in [-0.05, 0) is 12.0 Å². The molecule has 1 aliphatic rings. The van der Waals surface area contributed by atoms with Gasteiger partial charge in [0.05, 0.1) is 12.2 Å². The Kier molecular flexibility index (Phi) is 5.09. The third kappa shape index (κ3) is 3.57. The lowest BCUT2D eigenvalue weighted by Gasteiger charge is -2.28. The number of carbonyl (C=O) groups excluding carboxylic acids is 1.